The molecule has 4 rings (SSSR count). The molecule has 0 saturated heterocycles. The molecule has 0 bridgehead atoms. The van der Waals surface area contributed by atoms with Gasteiger partial charge in [0.25, 0.3) is 0 Å². The highest BCUT2D eigenvalue weighted by atomic mass is 35.5. The summed E-state index contributed by atoms with van der Waals surface area (Å²) in [6, 6.07) is 16.1. The molecule has 1 aliphatic heterocycles. The average molecular weight is 395 g/mol. The first kappa shape index (κ1) is 18.7. The number of hydrogen-bond acceptors (Lipinski definition) is 5. The van der Waals surface area contributed by atoms with Crippen LogP contribution >= 0.6 is 11.6 Å². The van der Waals surface area contributed by atoms with Crippen LogP contribution in [0, 0.1) is 0 Å². The maximum Gasteiger partial charge on any atom is 0.231 e. The summed E-state index contributed by atoms with van der Waals surface area (Å²) >= 11 is 6.36. The van der Waals surface area contributed by atoms with Crippen molar-refractivity contribution in [3.63, 3.8) is 0 Å². The third-order valence-electron chi connectivity index (χ3n) is 4.82. The Bertz CT molecular complexity index is 1010. The summed E-state index contributed by atoms with van der Waals surface area (Å²) in [5, 5.41) is 9.57. The summed E-state index contributed by atoms with van der Waals surface area (Å²) in [6.07, 6.45) is 0. The Morgan fingerprint density at radius 1 is 1.00 bits per heavy atom. The van der Waals surface area contributed by atoms with Crippen LogP contribution in [-0.2, 0) is 6.54 Å². The molecule has 6 nitrogen and oxygen atoms in total. The van der Waals surface area contributed by atoms with Gasteiger partial charge in [-0.3, -0.25) is 9.56 Å². The van der Waals surface area contributed by atoms with Crippen LogP contribution in [-0.4, -0.2) is 59.6 Å². The molecular weight excluding hydrogens is 372 g/mol. The third-order valence-corrected chi connectivity index (χ3v) is 5.05. The van der Waals surface area contributed by atoms with Crippen LogP contribution in [0.1, 0.15) is 17.0 Å². The molecule has 144 valence electrons. The summed E-state index contributed by atoms with van der Waals surface area (Å²) < 4.78 is 2.10. The zero-order valence-corrected chi connectivity index (χ0v) is 17.1. The molecule has 2 aromatic carbocycles. The number of nitrogens with zero attached hydrogens (tertiary/aromatic N) is 6. The Labute approximate surface area is 170 Å². The molecule has 0 unspecified atom stereocenters. The molecule has 1 aliphatic rings. The van der Waals surface area contributed by atoms with Crippen molar-refractivity contribution in [1.29, 1.82) is 0 Å². The number of aliphatic imine (C=N–C) groups is 1. The van der Waals surface area contributed by atoms with Crippen molar-refractivity contribution < 1.29 is 0 Å². The number of fused-ring (bicyclic) bond motifs is 3. The number of anilines is 1. The molecule has 0 atom stereocenters. The summed E-state index contributed by atoms with van der Waals surface area (Å²) in [5.41, 5.74) is 3.97. The number of hydrogen-bond donors (Lipinski definition) is 0. The number of likely N-dealkylation sites (N-methyl/N-ethyl adjacent to an activating group) is 2. The van der Waals surface area contributed by atoms with Gasteiger partial charge in [0.15, 0.2) is 5.82 Å². The predicted molar refractivity (Wildman–Crippen MR) is 114 cm³/mol. The predicted octanol–water partition coefficient (Wildman–Crippen LogP) is 3.27. The molecule has 0 saturated carbocycles. The van der Waals surface area contributed by atoms with Crippen molar-refractivity contribution in [2.45, 2.75) is 6.54 Å². The summed E-state index contributed by atoms with van der Waals surface area (Å²) in [5.74, 6) is 1.63. The lowest BCUT2D eigenvalue weighted by Gasteiger charge is -2.22. The molecule has 0 aliphatic carbocycles. The lowest BCUT2D eigenvalue weighted by Crippen LogP contribution is -2.30. The van der Waals surface area contributed by atoms with Gasteiger partial charge in [-0.25, -0.2) is 0 Å². The first-order valence-electron chi connectivity index (χ1n) is 9.25. The highest BCUT2D eigenvalue weighted by Crippen LogP contribution is 2.30. The van der Waals surface area contributed by atoms with E-state index in [9.17, 15) is 0 Å². The second-order valence-corrected chi connectivity index (χ2v) is 7.61. The lowest BCUT2D eigenvalue weighted by atomic mass is 10.0. The average Bonchev–Trinajstić information content (AvgIpc) is 3.04. The van der Waals surface area contributed by atoms with Crippen LogP contribution in [0.4, 0.5) is 5.95 Å². The number of rotatable bonds is 5. The Morgan fingerprint density at radius 3 is 2.54 bits per heavy atom. The van der Waals surface area contributed by atoms with E-state index in [4.69, 9.17) is 16.6 Å². The first-order chi connectivity index (χ1) is 13.5. The summed E-state index contributed by atoms with van der Waals surface area (Å²) in [6.45, 7) is 2.24. The molecule has 0 radical (unpaired) electrons. The lowest BCUT2D eigenvalue weighted by molar-refractivity contribution is 0.415. The van der Waals surface area contributed by atoms with Crippen LogP contribution in [0.2, 0.25) is 5.02 Å². The fourth-order valence-electron chi connectivity index (χ4n) is 3.32. The van der Waals surface area contributed by atoms with Gasteiger partial charge in [0.05, 0.1) is 11.4 Å². The van der Waals surface area contributed by atoms with Crippen LogP contribution in [0.3, 0.4) is 0 Å². The fraction of sp³-hybridized carbons (Fsp3) is 0.286. The van der Waals surface area contributed by atoms with E-state index in [1.807, 2.05) is 43.4 Å². The third kappa shape index (κ3) is 3.53. The zero-order valence-electron chi connectivity index (χ0n) is 16.3. The van der Waals surface area contributed by atoms with Gasteiger partial charge in [-0.15, -0.1) is 10.2 Å². The Kier molecular flexibility index (Phi) is 5.15. The van der Waals surface area contributed by atoms with Gasteiger partial charge in [0.2, 0.25) is 5.95 Å². The molecule has 1 aromatic heterocycles. The molecule has 0 N–H and O–H groups in total. The maximum atomic E-state index is 6.36. The van der Waals surface area contributed by atoms with E-state index < -0.39 is 0 Å². The van der Waals surface area contributed by atoms with Crippen molar-refractivity contribution in [3.8, 4) is 5.69 Å². The van der Waals surface area contributed by atoms with E-state index in [1.54, 1.807) is 0 Å². The molecule has 0 fully saturated rings. The Morgan fingerprint density at radius 2 is 1.79 bits per heavy atom. The monoisotopic (exact) mass is 394 g/mol. The van der Waals surface area contributed by atoms with Crippen molar-refractivity contribution in [1.82, 2.24) is 19.7 Å². The molecule has 28 heavy (non-hydrogen) atoms. The Balaban J connectivity index is 1.83. The van der Waals surface area contributed by atoms with Gasteiger partial charge in [0, 0.05) is 36.3 Å². The van der Waals surface area contributed by atoms with Crippen molar-refractivity contribution in [2.75, 3.05) is 39.1 Å². The molecule has 0 amide bonds. The van der Waals surface area contributed by atoms with E-state index in [-0.39, 0.29) is 0 Å². The van der Waals surface area contributed by atoms with Gasteiger partial charge < -0.3 is 9.80 Å². The summed E-state index contributed by atoms with van der Waals surface area (Å²) in [7, 11) is 6.17. The minimum absolute atomic E-state index is 0.463. The second-order valence-electron chi connectivity index (χ2n) is 7.17. The van der Waals surface area contributed by atoms with Crippen molar-refractivity contribution in [3.05, 3.63) is 70.5 Å². The zero-order chi connectivity index (χ0) is 19.7. The van der Waals surface area contributed by atoms with Crippen LogP contribution in [0.25, 0.3) is 5.69 Å². The maximum absolute atomic E-state index is 6.36. The van der Waals surface area contributed by atoms with Gasteiger partial charge in [-0.1, -0.05) is 41.9 Å². The number of aromatic nitrogens is 3. The summed E-state index contributed by atoms with van der Waals surface area (Å²) in [4.78, 5) is 9.15. The normalized spacial score (nSPS) is 13.0. The first-order valence-corrected chi connectivity index (χ1v) is 9.62. The quantitative estimate of drug-likeness (QED) is 0.666. The molecule has 0 spiro atoms. The van der Waals surface area contributed by atoms with E-state index in [2.05, 4.69) is 50.8 Å². The molecule has 7 heteroatoms. The minimum atomic E-state index is 0.463. The SMILES string of the molecule is CN(C)CCN(C)c1nnc2n1-c1ccc(Cl)cc1C(c1ccccc1)=NC2. The standard InChI is InChI=1S/C21H23ClN6/c1-26(2)11-12-27(3)21-25-24-19-14-23-20(15-7-5-4-6-8-15)17-13-16(22)9-10-18(17)28(19)21/h4-10,13H,11-12,14H2,1-3H3. The number of benzene rings is 2. The highest BCUT2D eigenvalue weighted by Gasteiger charge is 2.24. The smallest absolute Gasteiger partial charge is 0.231 e. The van der Waals surface area contributed by atoms with Crippen LogP contribution in [0.5, 0.6) is 0 Å². The minimum Gasteiger partial charge on any atom is -0.342 e. The van der Waals surface area contributed by atoms with Gasteiger partial charge in [0.1, 0.15) is 6.54 Å². The molecule has 2 heterocycles. The van der Waals surface area contributed by atoms with E-state index >= 15 is 0 Å². The van der Waals surface area contributed by atoms with Gasteiger partial charge in [-0.05, 0) is 32.3 Å². The van der Waals surface area contributed by atoms with Crippen LogP contribution in [0.15, 0.2) is 53.5 Å². The van der Waals surface area contributed by atoms with Gasteiger partial charge in [-0.2, -0.15) is 0 Å². The molecule has 3 aromatic rings. The van der Waals surface area contributed by atoms with E-state index in [0.29, 0.717) is 11.6 Å². The fourth-order valence-corrected chi connectivity index (χ4v) is 3.50. The van der Waals surface area contributed by atoms with Crippen LogP contribution < -0.4 is 4.90 Å². The Hall–Kier alpha value is -2.70. The van der Waals surface area contributed by atoms with Crippen molar-refractivity contribution >= 4 is 23.3 Å². The largest absolute Gasteiger partial charge is 0.342 e. The van der Waals surface area contributed by atoms with Crippen molar-refractivity contribution in [2.24, 2.45) is 4.99 Å². The van der Waals surface area contributed by atoms with E-state index in [0.717, 1.165) is 47.4 Å². The topological polar surface area (TPSA) is 49.6 Å². The van der Waals surface area contributed by atoms with Gasteiger partial charge >= 0.3 is 0 Å². The molecular formula is C21H23ClN6. The second kappa shape index (κ2) is 7.73. The number of halogens is 1. The van der Waals surface area contributed by atoms with E-state index in [1.165, 1.54) is 0 Å². The highest BCUT2D eigenvalue weighted by molar-refractivity contribution is 6.31.